The Labute approximate surface area is 194 Å². The van der Waals surface area contributed by atoms with Crippen molar-refractivity contribution in [3.05, 3.63) is 75.6 Å². The average molecular weight is 449 g/mol. The summed E-state index contributed by atoms with van der Waals surface area (Å²) < 4.78 is 11.5. The van der Waals surface area contributed by atoms with Crippen LogP contribution < -0.4 is 15.7 Å². The molecule has 2 heterocycles. The molecular formula is C27H32N2O4. The minimum Gasteiger partial charge on any atom is -0.480 e. The third kappa shape index (κ3) is 5.63. The van der Waals surface area contributed by atoms with Gasteiger partial charge in [-0.1, -0.05) is 37.3 Å². The van der Waals surface area contributed by atoms with E-state index in [0.29, 0.717) is 17.8 Å². The molecule has 6 nitrogen and oxygen atoms in total. The van der Waals surface area contributed by atoms with Gasteiger partial charge >= 0.3 is 5.63 Å². The lowest BCUT2D eigenvalue weighted by Gasteiger charge is -2.33. The van der Waals surface area contributed by atoms with E-state index < -0.39 is 6.10 Å². The highest BCUT2D eigenvalue weighted by Gasteiger charge is 2.24. The molecule has 1 N–H and O–H groups in total. The lowest BCUT2D eigenvalue weighted by Crippen LogP contribution is -2.47. The number of piperidine rings is 1. The van der Waals surface area contributed by atoms with Gasteiger partial charge in [0, 0.05) is 31.7 Å². The number of nitrogens with one attached hydrogen (secondary N) is 1. The number of hydrogen-bond acceptors (Lipinski definition) is 5. The third-order valence-electron chi connectivity index (χ3n) is 6.27. The van der Waals surface area contributed by atoms with E-state index in [1.807, 2.05) is 32.0 Å². The normalized spacial score (nSPS) is 16.0. The number of amides is 1. The fraction of sp³-hybridized carbons (Fsp3) is 0.407. The molecule has 174 valence electrons. The average Bonchev–Trinajstić information content (AvgIpc) is 2.80. The molecule has 0 saturated carbocycles. The van der Waals surface area contributed by atoms with Gasteiger partial charge in [0.2, 0.25) is 0 Å². The third-order valence-corrected chi connectivity index (χ3v) is 6.27. The van der Waals surface area contributed by atoms with Gasteiger partial charge < -0.3 is 14.5 Å². The summed E-state index contributed by atoms with van der Waals surface area (Å²) in [5.41, 5.74) is 3.20. The Morgan fingerprint density at radius 3 is 2.61 bits per heavy atom. The van der Waals surface area contributed by atoms with Crippen LogP contribution in [0.2, 0.25) is 0 Å². The molecule has 0 spiro atoms. The number of benzene rings is 2. The largest absolute Gasteiger partial charge is 0.480 e. The highest BCUT2D eigenvalue weighted by molar-refractivity contribution is 5.88. The van der Waals surface area contributed by atoms with E-state index in [-0.39, 0.29) is 17.6 Å². The summed E-state index contributed by atoms with van der Waals surface area (Å²) in [6.45, 7) is 8.51. The van der Waals surface area contributed by atoms with Gasteiger partial charge in [0.05, 0.1) is 5.39 Å². The van der Waals surface area contributed by atoms with Gasteiger partial charge in [0.15, 0.2) is 6.10 Å². The van der Waals surface area contributed by atoms with Crippen LogP contribution in [0.4, 0.5) is 0 Å². The van der Waals surface area contributed by atoms with Crippen LogP contribution in [0, 0.1) is 6.92 Å². The molecule has 1 aliphatic heterocycles. The van der Waals surface area contributed by atoms with Crippen LogP contribution in [0.3, 0.4) is 0 Å². The van der Waals surface area contributed by atoms with Crippen LogP contribution in [0.5, 0.6) is 5.75 Å². The van der Waals surface area contributed by atoms with Crippen molar-refractivity contribution in [2.24, 2.45) is 0 Å². The van der Waals surface area contributed by atoms with E-state index >= 15 is 0 Å². The number of rotatable bonds is 7. The first kappa shape index (κ1) is 23.1. The van der Waals surface area contributed by atoms with E-state index in [4.69, 9.17) is 9.15 Å². The van der Waals surface area contributed by atoms with Crippen molar-refractivity contribution in [1.29, 1.82) is 0 Å². The fourth-order valence-corrected chi connectivity index (χ4v) is 4.48. The molecule has 1 fully saturated rings. The first-order chi connectivity index (χ1) is 15.9. The first-order valence-corrected chi connectivity index (χ1v) is 11.7. The lowest BCUT2D eigenvalue weighted by molar-refractivity contribution is -0.128. The summed E-state index contributed by atoms with van der Waals surface area (Å²) in [6.07, 6.45) is 1.85. The Morgan fingerprint density at radius 1 is 1.18 bits per heavy atom. The summed E-state index contributed by atoms with van der Waals surface area (Å²) in [5, 5.41) is 3.92. The van der Waals surface area contributed by atoms with Crippen LogP contribution in [-0.4, -0.2) is 36.0 Å². The van der Waals surface area contributed by atoms with Crippen molar-refractivity contribution >= 4 is 16.9 Å². The number of ether oxygens (including phenoxy) is 1. The van der Waals surface area contributed by atoms with Crippen LogP contribution in [0.15, 0.2) is 57.7 Å². The van der Waals surface area contributed by atoms with Crippen LogP contribution in [0.1, 0.15) is 43.4 Å². The minimum atomic E-state index is -0.658. The molecule has 0 radical (unpaired) electrons. The van der Waals surface area contributed by atoms with Crippen molar-refractivity contribution < 1.29 is 13.9 Å². The molecule has 2 aromatic carbocycles. The van der Waals surface area contributed by atoms with Crippen molar-refractivity contribution in [3.8, 4) is 5.75 Å². The molecule has 3 aromatic rings. The summed E-state index contributed by atoms with van der Waals surface area (Å²) in [4.78, 5) is 27.2. The van der Waals surface area contributed by atoms with Gasteiger partial charge in [-0.15, -0.1) is 0 Å². The SMILES string of the molecule is CCc1cc(=O)oc2cc(C)cc(OC(C)C(=O)NC3CCN(Cc4ccccc4)CC3)c12. The number of hydrogen-bond donors (Lipinski definition) is 1. The Balaban J connectivity index is 1.38. The highest BCUT2D eigenvalue weighted by Crippen LogP contribution is 2.31. The molecule has 1 amide bonds. The maximum atomic E-state index is 12.9. The topological polar surface area (TPSA) is 71.8 Å². The van der Waals surface area contributed by atoms with E-state index in [1.165, 1.54) is 11.6 Å². The van der Waals surface area contributed by atoms with E-state index in [9.17, 15) is 9.59 Å². The van der Waals surface area contributed by atoms with E-state index in [0.717, 1.165) is 49.0 Å². The molecule has 1 aromatic heterocycles. The Morgan fingerprint density at radius 2 is 1.91 bits per heavy atom. The van der Waals surface area contributed by atoms with E-state index in [2.05, 4.69) is 34.5 Å². The molecule has 33 heavy (non-hydrogen) atoms. The molecule has 1 unspecified atom stereocenters. The Hall–Kier alpha value is -3.12. The fourth-order valence-electron chi connectivity index (χ4n) is 4.48. The Bertz CT molecular complexity index is 1160. The van der Waals surface area contributed by atoms with E-state index in [1.54, 1.807) is 6.92 Å². The van der Waals surface area contributed by atoms with Gasteiger partial charge in [0.1, 0.15) is 11.3 Å². The van der Waals surface area contributed by atoms with Crippen LogP contribution >= 0.6 is 0 Å². The second-order valence-electron chi connectivity index (χ2n) is 8.89. The predicted molar refractivity (Wildman–Crippen MR) is 130 cm³/mol. The zero-order valence-corrected chi connectivity index (χ0v) is 19.6. The van der Waals surface area contributed by atoms with Crippen molar-refractivity contribution in [2.75, 3.05) is 13.1 Å². The second kappa shape index (κ2) is 10.2. The highest BCUT2D eigenvalue weighted by atomic mass is 16.5. The van der Waals surface area contributed by atoms with Gasteiger partial charge in [-0.3, -0.25) is 9.69 Å². The molecule has 1 atom stereocenters. The van der Waals surface area contributed by atoms with Gasteiger partial charge in [-0.2, -0.15) is 0 Å². The van der Waals surface area contributed by atoms with Crippen molar-refractivity contribution in [2.45, 2.75) is 58.7 Å². The number of aryl methyl sites for hydroxylation is 2. The van der Waals surface area contributed by atoms with Gasteiger partial charge in [0.25, 0.3) is 5.91 Å². The standard InChI is InChI=1S/C27H32N2O4/c1-4-21-16-25(30)33-24-15-18(2)14-23(26(21)24)32-19(3)27(31)28-22-10-12-29(13-11-22)17-20-8-6-5-7-9-20/h5-9,14-16,19,22H,4,10-13,17H2,1-3H3,(H,28,31). The molecule has 0 aliphatic carbocycles. The summed E-state index contributed by atoms with van der Waals surface area (Å²) >= 11 is 0. The zero-order chi connectivity index (χ0) is 23.4. The molecule has 4 rings (SSSR count). The smallest absolute Gasteiger partial charge is 0.336 e. The van der Waals surface area contributed by atoms with Gasteiger partial charge in [-0.05, 0) is 61.9 Å². The van der Waals surface area contributed by atoms with Crippen LogP contribution in [0.25, 0.3) is 11.0 Å². The molecule has 1 aliphatic rings. The van der Waals surface area contributed by atoms with Gasteiger partial charge in [-0.25, -0.2) is 4.79 Å². The maximum Gasteiger partial charge on any atom is 0.336 e. The monoisotopic (exact) mass is 448 g/mol. The second-order valence-corrected chi connectivity index (χ2v) is 8.89. The summed E-state index contributed by atoms with van der Waals surface area (Å²) in [5.74, 6) is 0.451. The Kier molecular flexibility index (Phi) is 7.14. The molecule has 6 heteroatoms. The summed E-state index contributed by atoms with van der Waals surface area (Å²) in [7, 11) is 0. The molecule has 0 bridgehead atoms. The first-order valence-electron chi connectivity index (χ1n) is 11.7. The number of carbonyl (C=O) groups excluding carboxylic acids is 1. The van der Waals surface area contributed by atoms with Crippen molar-refractivity contribution in [1.82, 2.24) is 10.2 Å². The lowest BCUT2D eigenvalue weighted by atomic mass is 10.0. The number of fused-ring (bicyclic) bond motifs is 1. The number of nitrogens with zero attached hydrogens (tertiary/aromatic N) is 1. The summed E-state index contributed by atoms with van der Waals surface area (Å²) in [6, 6.07) is 15.8. The molecular weight excluding hydrogens is 416 g/mol. The van der Waals surface area contributed by atoms with Crippen molar-refractivity contribution in [3.63, 3.8) is 0 Å². The number of carbonyl (C=O) groups is 1. The quantitative estimate of drug-likeness (QED) is 0.548. The number of likely N-dealkylation sites (tertiary alicyclic amines) is 1. The zero-order valence-electron chi connectivity index (χ0n) is 19.6. The van der Waals surface area contributed by atoms with Crippen LogP contribution in [-0.2, 0) is 17.8 Å². The maximum absolute atomic E-state index is 12.9. The minimum absolute atomic E-state index is 0.124. The molecule has 1 saturated heterocycles. The predicted octanol–water partition coefficient (Wildman–Crippen LogP) is 4.21.